The van der Waals surface area contributed by atoms with E-state index < -0.39 is 0 Å². The molecule has 0 radical (unpaired) electrons. The predicted octanol–water partition coefficient (Wildman–Crippen LogP) is 2.58. The third-order valence-corrected chi connectivity index (χ3v) is 3.25. The molecule has 0 saturated heterocycles. The molecule has 6 nitrogen and oxygen atoms in total. The zero-order valence-electron chi connectivity index (χ0n) is 12.1. The second kappa shape index (κ2) is 5.73. The van der Waals surface area contributed by atoms with Crippen molar-refractivity contribution in [1.29, 1.82) is 0 Å². The van der Waals surface area contributed by atoms with Crippen LogP contribution < -0.4 is 5.32 Å². The van der Waals surface area contributed by atoms with Crippen LogP contribution in [-0.2, 0) is 0 Å². The zero-order valence-corrected chi connectivity index (χ0v) is 12.9. The number of rotatable bonds is 3. The highest BCUT2D eigenvalue weighted by Gasteiger charge is 2.13. The molecule has 0 fully saturated rings. The van der Waals surface area contributed by atoms with Gasteiger partial charge in [-0.15, -0.1) is 10.2 Å². The lowest BCUT2D eigenvalue weighted by Gasteiger charge is -2.08. The standard InChI is InChI=1S/C15H14ClN5O/c1-9(2)18-15(22)10-3-4-13-19-20-14(21(13)8-10)11-5-12(16)7-17-6-11/h3-9H,1-2H3,(H,18,22). The monoisotopic (exact) mass is 315 g/mol. The Bertz CT molecular complexity index is 843. The first kappa shape index (κ1) is 14.5. The van der Waals surface area contributed by atoms with Gasteiger partial charge in [-0.2, -0.15) is 0 Å². The largest absolute Gasteiger partial charge is 0.350 e. The fraction of sp³-hybridized carbons (Fsp3) is 0.200. The lowest BCUT2D eigenvalue weighted by Crippen LogP contribution is -2.30. The Morgan fingerprint density at radius 3 is 2.82 bits per heavy atom. The SMILES string of the molecule is CC(C)NC(=O)c1ccc2nnc(-c3cncc(Cl)c3)n2c1. The summed E-state index contributed by atoms with van der Waals surface area (Å²) in [5.74, 6) is 0.449. The third kappa shape index (κ3) is 2.78. The van der Waals surface area contributed by atoms with Crippen LogP contribution in [0.15, 0.2) is 36.8 Å². The Morgan fingerprint density at radius 2 is 2.09 bits per heavy atom. The summed E-state index contributed by atoms with van der Waals surface area (Å²) < 4.78 is 1.75. The molecule has 1 N–H and O–H groups in total. The normalized spacial score (nSPS) is 11.1. The minimum Gasteiger partial charge on any atom is -0.350 e. The summed E-state index contributed by atoms with van der Waals surface area (Å²) in [5.41, 5.74) is 1.93. The first-order chi connectivity index (χ1) is 10.5. The van der Waals surface area contributed by atoms with Crippen molar-refractivity contribution in [3.8, 4) is 11.4 Å². The average molecular weight is 316 g/mol. The zero-order chi connectivity index (χ0) is 15.7. The van der Waals surface area contributed by atoms with E-state index in [-0.39, 0.29) is 11.9 Å². The van der Waals surface area contributed by atoms with Crippen molar-refractivity contribution in [2.75, 3.05) is 0 Å². The molecule has 0 aliphatic carbocycles. The van der Waals surface area contributed by atoms with E-state index in [1.165, 1.54) is 0 Å². The summed E-state index contributed by atoms with van der Waals surface area (Å²) in [6.45, 7) is 3.83. The molecule has 112 valence electrons. The fourth-order valence-electron chi connectivity index (χ4n) is 2.10. The maximum absolute atomic E-state index is 12.1. The Balaban J connectivity index is 2.07. The van der Waals surface area contributed by atoms with Crippen molar-refractivity contribution < 1.29 is 4.79 Å². The second-order valence-corrected chi connectivity index (χ2v) is 5.63. The first-order valence-corrected chi connectivity index (χ1v) is 7.19. The average Bonchev–Trinajstić information content (AvgIpc) is 2.89. The molecule has 0 atom stereocenters. The van der Waals surface area contributed by atoms with Crippen molar-refractivity contribution in [2.24, 2.45) is 0 Å². The summed E-state index contributed by atoms with van der Waals surface area (Å²) in [5, 5.41) is 11.6. The number of pyridine rings is 2. The summed E-state index contributed by atoms with van der Waals surface area (Å²) in [7, 11) is 0. The van der Waals surface area contributed by atoms with Crippen molar-refractivity contribution in [3.63, 3.8) is 0 Å². The molecule has 3 rings (SSSR count). The highest BCUT2D eigenvalue weighted by Crippen LogP contribution is 2.21. The number of fused-ring (bicyclic) bond motifs is 1. The highest BCUT2D eigenvalue weighted by molar-refractivity contribution is 6.30. The number of hydrogen-bond donors (Lipinski definition) is 1. The fourth-order valence-corrected chi connectivity index (χ4v) is 2.28. The molecule has 7 heteroatoms. The van der Waals surface area contributed by atoms with Gasteiger partial charge in [-0.3, -0.25) is 14.2 Å². The topological polar surface area (TPSA) is 72.2 Å². The Kier molecular flexibility index (Phi) is 3.77. The van der Waals surface area contributed by atoms with E-state index in [9.17, 15) is 4.79 Å². The van der Waals surface area contributed by atoms with Gasteiger partial charge < -0.3 is 5.32 Å². The van der Waals surface area contributed by atoms with Crippen LogP contribution in [0.3, 0.4) is 0 Å². The molecule has 0 unspecified atom stereocenters. The van der Waals surface area contributed by atoms with Gasteiger partial charge >= 0.3 is 0 Å². The molecule has 0 spiro atoms. The van der Waals surface area contributed by atoms with Crippen molar-refractivity contribution in [2.45, 2.75) is 19.9 Å². The van der Waals surface area contributed by atoms with Gasteiger partial charge in [-0.05, 0) is 32.0 Å². The van der Waals surface area contributed by atoms with E-state index >= 15 is 0 Å². The molecule has 3 aromatic rings. The van der Waals surface area contributed by atoms with Gasteiger partial charge in [0.2, 0.25) is 0 Å². The molecule has 0 aromatic carbocycles. The van der Waals surface area contributed by atoms with Crippen molar-refractivity contribution >= 4 is 23.2 Å². The first-order valence-electron chi connectivity index (χ1n) is 6.81. The van der Waals surface area contributed by atoms with E-state index in [0.29, 0.717) is 22.1 Å². The Morgan fingerprint density at radius 1 is 1.27 bits per heavy atom. The van der Waals surface area contributed by atoms with Crippen LogP contribution >= 0.6 is 11.6 Å². The minimum atomic E-state index is -0.138. The highest BCUT2D eigenvalue weighted by atomic mass is 35.5. The third-order valence-electron chi connectivity index (χ3n) is 3.05. The number of carbonyl (C=O) groups excluding carboxylic acids is 1. The van der Waals surface area contributed by atoms with Crippen molar-refractivity contribution in [3.05, 3.63) is 47.4 Å². The van der Waals surface area contributed by atoms with Crippen molar-refractivity contribution in [1.82, 2.24) is 24.9 Å². The van der Waals surface area contributed by atoms with Gasteiger partial charge in [-0.25, -0.2) is 0 Å². The van der Waals surface area contributed by atoms with E-state index in [1.54, 1.807) is 41.2 Å². The number of aromatic nitrogens is 4. The van der Waals surface area contributed by atoms with Crippen LogP contribution in [-0.4, -0.2) is 31.5 Å². The van der Waals surface area contributed by atoms with Crippen LogP contribution in [0.4, 0.5) is 0 Å². The van der Waals surface area contributed by atoms with Gasteiger partial charge in [0, 0.05) is 30.2 Å². The van der Waals surface area contributed by atoms with E-state index in [1.807, 2.05) is 13.8 Å². The molecule has 1 amide bonds. The maximum atomic E-state index is 12.1. The minimum absolute atomic E-state index is 0.0701. The van der Waals surface area contributed by atoms with Gasteiger partial charge in [0.1, 0.15) is 0 Å². The summed E-state index contributed by atoms with van der Waals surface area (Å²) in [4.78, 5) is 16.2. The summed E-state index contributed by atoms with van der Waals surface area (Å²) >= 11 is 5.97. The number of carbonyl (C=O) groups is 1. The molecule has 3 heterocycles. The van der Waals surface area contributed by atoms with Gasteiger partial charge in [0.25, 0.3) is 5.91 Å². The lowest BCUT2D eigenvalue weighted by atomic mass is 10.2. The lowest BCUT2D eigenvalue weighted by molar-refractivity contribution is 0.0942. The maximum Gasteiger partial charge on any atom is 0.252 e. The van der Waals surface area contributed by atoms with Crippen LogP contribution in [0, 0.1) is 0 Å². The van der Waals surface area contributed by atoms with E-state index in [0.717, 1.165) is 5.56 Å². The quantitative estimate of drug-likeness (QED) is 0.806. The number of nitrogens with one attached hydrogen (secondary N) is 1. The summed E-state index contributed by atoms with van der Waals surface area (Å²) in [6, 6.07) is 5.30. The number of amides is 1. The molecule has 22 heavy (non-hydrogen) atoms. The number of halogens is 1. The number of nitrogens with zero attached hydrogens (tertiary/aromatic N) is 4. The van der Waals surface area contributed by atoms with E-state index in [4.69, 9.17) is 11.6 Å². The Labute approximate surface area is 132 Å². The predicted molar refractivity (Wildman–Crippen MR) is 83.8 cm³/mol. The molecule has 0 saturated carbocycles. The molecule has 0 aliphatic heterocycles. The smallest absolute Gasteiger partial charge is 0.252 e. The molecule has 0 bridgehead atoms. The van der Waals surface area contributed by atoms with Gasteiger partial charge in [0.15, 0.2) is 11.5 Å². The van der Waals surface area contributed by atoms with Gasteiger partial charge in [0.05, 0.1) is 10.6 Å². The van der Waals surface area contributed by atoms with Gasteiger partial charge in [-0.1, -0.05) is 11.6 Å². The van der Waals surface area contributed by atoms with Crippen LogP contribution in [0.25, 0.3) is 17.0 Å². The number of hydrogen-bond acceptors (Lipinski definition) is 4. The van der Waals surface area contributed by atoms with Crippen LogP contribution in [0.2, 0.25) is 5.02 Å². The molecular weight excluding hydrogens is 302 g/mol. The Hall–Kier alpha value is -2.47. The summed E-state index contributed by atoms with van der Waals surface area (Å²) in [6.07, 6.45) is 4.92. The van der Waals surface area contributed by atoms with Crippen LogP contribution in [0.1, 0.15) is 24.2 Å². The van der Waals surface area contributed by atoms with E-state index in [2.05, 4.69) is 20.5 Å². The second-order valence-electron chi connectivity index (χ2n) is 5.19. The molecule has 3 aromatic heterocycles. The molecular formula is C15H14ClN5O. The molecule has 0 aliphatic rings. The van der Waals surface area contributed by atoms with Crippen LogP contribution in [0.5, 0.6) is 0 Å².